The standard InChI is InChI=1S/C35H48N2O9/c1-6-17-44-30-25-32(45-18-7-2)34(28(27(30)8-3)24-33(39)37(11-16-38)15-19-41-4)35(40)26-9-10-29(42-5)31(23-26)46-22-14-36-12-20-43-21-13-36/h6-7,9-10,23,25,38H,1-2,8,11-22,24H2,3-5H3. The van der Waals surface area contributed by atoms with Crippen molar-refractivity contribution in [2.24, 2.45) is 0 Å². The van der Waals surface area contributed by atoms with Gasteiger partial charge in [0.25, 0.3) is 0 Å². The lowest BCUT2D eigenvalue weighted by atomic mass is 9.89. The van der Waals surface area contributed by atoms with Gasteiger partial charge in [0.15, 0.2) is 17.3 Å². The number of ether oxygens (including phenoxy) is 6. The Balaban J connectivity index is 2.10. The summed E-state index contributed by atoms with van der Waals surface area (Å²) in [5.41, 5.74) is 1.78. The number of aliphatic hydroxyl groups excluding tert-OH is 1. The molecule has 1 N–H and O–H groups in total. The van der Waals surface area contributed by atoms with Crippen molar-refractivity contribution < 1.29 is 43.1 Å². The Morgan fingerprint density at radius 2 is 1.65 bits per heavy atom. The molecule has 11 heteroatoms. The Kier molecular flexibility index (Phi) is 15.6. The van der Waals surface area contributed by atoms with Crippen molar-refractivity contribution in [2.75, 3.05) is 93.2 Å². The van der Waals surface area contributed by atoms with E-state index in [0.717, 1.165) is 13.1 Å². The molecule has 0 bridgehead atoms. The van der Waals surface area contributed by atoms with Crippen molar-refractivity contribution in [3.05, 3.63) is 71.8 Å². The zero-order chi connectivity index (χ0) is 33.3. The van der Waals surface area contributed by atoms with Crippen LogP contribution in [0.15, 0.2) is 49.6 Å². The summed E-state index contributed by atoms with van der Waals surface area (Å²) < 4.78 is 34.3. The van der Waals surface area contributed by atoms with Crippen LogP contribution in [-0.2, 0) is 27.1 Å². The maximum absolute atomic E-state index is 14.5. The van der Waals surface area contributed by atoms with Gasteiger partial charge in [0.2, 0.25) is 5.91 Å². The number of benzene rings is 2. The van der Waals surface area contributed by atoms with Crippen LogP contribution in [0.3, 0.4) is 0 Å². The molecule has 1 aliphatic heterocycles. The Bertz CT molecular complexity index is 1310. The molecular weight excluding hydrogens is 592 g/mol. The van der Waals surface area contributed by atoms with E-state index in [-0.39, 0.29) is 62.3 Å². The fourth-order valence-corrected chi connectivity index (χ4v) is 5.23. The van der Waals surface area contributed by atoms with E-state index in [4.69, 9.17) is 28.4 Å². The minimum Gasteiger partial charge on any atom is -0.493 e. The molecule has 46 heavy (non-hydrogen) atoms. The van der Waals surface area contributed by atoms with Gasteiger partial charge in [0.05, 0.1) is 45.5 Å². The summed E-state index contributed by atoms with van der Waals surface area (Å²) >= 11 is 0. The normalized spacial score (nSPS) is 13.1. The molecular formula is C35H48N2O9. The van der Waals surface area contributed by atoms with Gasteiger partial charge in [-0.15, -0.1) is 0 Å². The fraction of sp³-hybridized carbons (Fsp3) is 0.486. The predicted octanol–water partition coefficient (Wildman–Crippen LogP) is 3.34. The molecule has 0 radical (unpaired) electrons. The van der Waals surface area contributed by atoms with Crippen LogP contribution in [0.4, 0.5) is 0 Å². The second-order valence-corrected chi connectivity index (χ2v) is 10.5. The summed E-state index contributed by atoms with van der Waals surface area (Å²) in [7, 11) is 3.10. The number of hydrogen-bond acceptors (Lipinski definition) is 10. The molecule has 1 fully saturated rings. The molecule has 2 aromatic carbocycles. The van der Waals surface area contributed by atoms with E-state index in [9.17, 15) is 14.7 Å². The number of methoxy groups -OCH3 is 2. The number of rotatable bonds is 21. The fourth-order valence-electron chi connectivity index (χ4n) is 5.23. The molecule has 0 atom stereocenters. The molecule has 1 amide bonds. The second kappa shape index (κ2) is 19.6. The third kappa shape index (κ3) is 10.1. The summed E-state index contributed by atoms with van der Waals surface area (Å²) in [5, 5.41) is 9.65. The number of aliphatic hydroxyl groups is 1. The summed E-state index contributed by atoms with van der Waals surface area (Å²) in [4.78, 5) is 32.0. The SMILES string of the molecule is C=CCOc1cc(OCC=C)c(C(=O)c2ccc(OC)c(OCCN3CCOCC3)c2)c(CC(=O)N(CCO)CCOC)c1CC. The summed E-state index contributed by atoms with van der Waals surface area (Å²) in [5.74, 6) is 1.07. The lowest BCUT2D eigenvalue weighted by molar-refractivity contribution is -0.131. The van der Waals surface area contributed by atoms with Gasteiger partial charge in [-0.1, -0.05) is 32.2 Å². The lowest BCUT2D eigenvalue weighted by Crippen LogP contribution is -2.38. The first-order valence-electron chi connectivity index (χ1n) is 15.6. The molecule has 1 saturated heterocycles. The van der Waals surface area contributed by atoms with Gasteiger partial charge in [-0.25, -0.2) is 0 Å². The van der Waals surface area contributed by atoms with Crippen molar-refractivity contribution in [1.29, 1.82) is 0 Å². The van der Waals surface area contributed by atoms with E-state index in [1.807, 2.05) is 6.92 Å². The first kappa shape index (κ1) is 36.6. The Morgan fingerprint density at radius 3 is 2.28 bits per heavy atom. The van der Waals surface area contributed by atoms with Gasteiger partial charge >= 0.3 is 0 Å². The highest BCUT2D eigenvalue weighted by atomic mass is 16.5. The van der Waals surface area contributed by atoms with E-state index in [0.29, 0.717) is 73.3 Å². The number of carbonyl (C=O) groups excluding carboxylic acids is 2. The van der Waals surface area contributed by atoms with Gasteiger partial charge < -0.3 is 38.4 Å². The quantitative estimate of drug-likeness (QED) is 0.161. The van der Waals surface area contributed by atoms with E-state index in [1.54, 1.807) is 50.6 Å². The van der Waals surface area contributed by atoms with Crippen LogP contribution >= 0.6 is 0 Å². The Hall–Kier alpha value is -3.90. The predicted molar refractivity (Wildman–Crippen MR) is 176 cm³/mol. The number of carbonyl (C=O) groups is 2. The van der Waals surface area contributed by atoms with Crippen LogP contribution in [0.25, 0.3) is 0 Å². The van der Waals surface area contributed by atoms with E-state index in [1.165, 1.54) is 4.90 Å². The molecule has 3 rings (SSSR count). The van der Waals surface area contributed by atoms with Gasteiger partial charge in [0, 0.05) is 51.5 Å². The molecule has 1 heterocycles. The first-order chi connectivity index (χ1) is 22.4. The summed E-state index contributed by atoms with van der Waals surface area (Å²) in [6, 6.07) is 6.71. The number of nitrogens with zero attached hydrogens (tertiary/aromatic N) is 2. The highest BCUT2D eigenvalue weighted by Crippen LogP contribution is 2.38. The molecule has 0 unspecified atom stereocenters. The second-order valence-electron chi connectivity index (χ2n) is 10.5. The van der Waals surface area contributed by atoms with Crippen LogP contribution < -0.4 is 18.9 Å². The van der Waals surface area contributed by atoms with Gasteiger partial charge in [0.1, 0.15) is 31.3 Å². The third-order valence-corrected chi connectivity index (χ3v) is 7.58. The molecule has 11 nitrogen and oxygen atoms in total. The van der Waals surface area contributed by atoms with Crippen molar-refractivity contribution >= 4 is 11.7 Å². The third-order valence-electron chi connectivity index (χ3n) is 7.58. The molecule has 0 spiro atoms. The zero-order valence-corrected chi connectivity index (χ0v) is 27.4. The van der Waals surface area contributed by atoms with E-state index in [2.05, 4.69) is 18.1 Å². The molecule has 1 aliphatic rings. The van der Waals surface area contributed by atoms with Gasteiger partial charge in [-0.05, 0) is 35.7 Å². The minimum absolute atomic E-state index is 0.122. The monoisotopic (exact) mass is 640 g/mol. The number of hydrogen-bond donors (Lipinski definition) is 1. The maximum atomic E-state index is 14.5. The topological polar surface area (TPSA) is 116 Å². The zero-order valence-electron chi connectivity index (χ0n) is 27.4. The van der Waals surface area contributed by atoms with E-state index >= 15 is 0 Å². The highest BCUT2D eigenvalue weighted by Gasteiger charge is 2.28. The number of morpholine rings is 1. The van der Waals surface area contributed by atoms with Gasteiger partial charge in [-0.3, -0.25) is 14.5 Å². The van der Waals surface area contributed by atoms with Crippen molar-refractivity contribution in [2.45, 2.75) is 19.8 Å². The minimum atomic E-state index is -0.349. The first-order valence-corrected chi connectivity index (χ1v) is 15.6. The summed E-state index contributed by atoms with van der Waals surface area (Å²) in [6.45, 7) is 14.5. The number of ketones is 1. The average Bonchev–Trinajstić information content (AvgIpc) is 3.08. The molecule has 0 aromatic heterocycles. The van der Waals surface area contributed by atoms with Gasteiger partial charge in [-0.2, -0.15) is 0 Å². The van der Waals surface area contributed by atoms with Crippen molar-refractivity contribution in [3.8, 4) is 23.0 Å². The molecule has 0 saturated carbocycles. The highest BCUT2D eigenvalue weighted by molar-refractivity contribution is 6.13. The van der Waals surface area contributed by atoms with E-state index < -0.39 is 0 Å². The number of amides is 1. The Morgan fingerprint density at radius 1 is 0.935 bits per heavy atom. The maximum Gasteiger partial charge on any atom is 0.227 e. The van der Waals surface area contributed by atoms with Crippen LogP contribution in [-0.4, -0.2) is 120 Å². The average molecular weight is 641 g/mol. The van der Waals surface area contributed by atoms with Crippen LogP contribution in [0.1, 0.15) is 34.0 Å². The van der Waals surface area contributed by atoms with Crippen molar-refractivity contribution in [1.82, 2.24) is 9.80 Å². The Labute approximate surface area is 272 Å². The molecule has 0 aliphatic carbocycles. The largest absolute Gasteiger partial charge is 0.493 e. The summed E-state index contributed by atoms with van der Waals surface area (Å²) in [6.07, 6.45) is 3.56. The van der Waals surface area contributed by atoms with Crippen molar-refractivity contribution in [3.63, 3.8) is 0 Å². The van der Waals surface area contributed by atoms with Crippen LogP contribution in [0, 0.1) is 0 Å². The lowest BCUT2D eigenvalue weighted by Gasteiger charge is -2.26. The van der Waals surface area contributed by atoms with Crippen LogP contribution in [0.2, 0.25) is 0 Å². The molecule has 2 aromatic rings. The van der Waals surface area contributed by atoms with Crippen LogP contribution in [0.5, 0.6) is 23.0 Å². The smallest absolute Gasteiger partial charge is 0.227 e. The molecule has 252 valence electrons.